The molecule has 0 aliphatic rings. The first-order chi connectivity index (χ1) is 12.0. The summed E-state index contributed by atoms with van der Waals surface area (Å²) in [4.78, 5) is 13.5. The topological polar surface area (TPSA) is 105 Å². The SMILES string of the molecule is CCN(C(C)C)C(C)C.CO.O=C(NC(O)C(Cl)(Cl)Cl)NC(O)C(Cl)(Cl)Cl. The molecular formula is C14H29Cl6N3O4. The van der Waals surface area contributed by atoms with Crippen molar-refractivity contribution in [1.82, 2.24) is 15.5 Å². The van der Waals surface area contributed by atoms with E-state index in [4.69, 9.17) is 84.9 Å². The zero-order valence-electron chi connectivity index (χ0n) is 16.0. The molecule has 0 saturated heterocycles. The minimum Gasteiger partial charge on any atom is -0.400 e. The van der Waals surface area contributed by atoms with Crippen molar-refractivity contribution in [1.29, 1.82) is 0 Å². The molecule has 13 heteroatoms. The van der Waals surface area contributed by atoms with Gasteiger partial charge in [-0.15, -0.1) is 0 Å². The fourth-order valence-corrected chi connectivity index (χ4v) is 2.11. The number of rotatable bonds is 5. The summed E-state index contributed by atoms with van der Waals surface area (Å²) in [5.74, 6) is 0. The van der Waals surface area contributed by atoms with Gasteiger partial charge in [-0.25, -0.2) is 4.79 Å². The van der Waals surface area contributed by atoms with Gasteiger partial charge >= 0.3 is 6.03 Å². The van der Waals surface area contributed by atoms with E-state index in [0.717, 1.165) is 13.7 Å². The number of nitrogens with one attached hydrogen (secondary N) is 2. The second-order valence-corrected chi connectivity index (χ2v) is 10.3. The Morgan fingerprint density at radius 2 is 1.11 bits per heavy atom. The van der Waals surface area contributed by atoms with Crippen molar-refractivity contribution in [2.75, 3.05) is 13.7 Å². The van der Waals surface area contributed by atoms with Gasteiger partial charge in [-0.2, -0.15) is 0 Å². The van der Waals surface area contributed by atoms with E-state index in [2.05, 4.69) is 39.5 Å². The minimum absolute atomic E-state index is 0.690. The molecule has 166 valence electrons. The number of aliphatic hydroxyl groups excluding tert-OH is 3. The van der Waals surface area contributed by atoms with Gasteiger partial charge < -0.3 is 26.0 Å². The van der Waals surface area contributed by atoms with E-state index in [1.807, 2.05) is 0 Å². The van der Waals surface area contributed by atoms with E-state index >= 15 is 0 Å². The minimum atomic E-state index is -2.12. The lowest BCUT2D eigenvalue weighted by molar-refractivity contribution is 0.120. The van der Waals surface area contributed by atoms with Crippen LogP contribution in [0, 0.1) is 0 Å². The summed E-state index contributed by atoms with van der Waals surface area (Å²) in [5.41, 5.74) is 0. The lowest BCUT2D eigenvalue weighted by atomic mass is 10.2. The predicted octanol–water partition coefficient (Wildman–Crippen LogP) is 3.40. The second-order valence-electron chi connectivity index (χ2n) is 5.52. The van der Waals surface area contributed by atoms with Gasteiger partial charge in [0.15, 0.2) is 12.5 Å². The predicted molar refractivity (Wildman–Crippen MR) is 115 cm³/mol. The molecule has 0 fully saturated rings. The van der Waals surface area contributed by atoms with Crippen LogP contribution in [0.2, 0.25) is 0 Å². The average molecular weight is 516 g/mol. The fraction of sp³-hybridized carbons (Fsp3) is 0.929. The number of carbonyl (C=O) groups is 1. The highest BCUT2D eigenvalue weighted by molar-refractivity contribution is 6.68. The summed E-state index contributed by atoms with van der Waals surface area (Å²) in [6.07, 6.45) is -3.58. The Morgan fingerprint density at radius 3 is 1.22 bits per heavy atom. The molecule has 7 nitrogen and oxygen atoms in total. The van der Waals surface area contributed by atoms with Crippen molar-refractivity contribution in [2.24, 2.45) is 0 Å². The van der Waals surface area contributed by atoms with Crippen LogP contribution < -0.4 is 10.6 Å². The summed E-state index contributed by atoms with van der Waals surface area (Å²) >= 11 is 31.5. The van der Waals surface area contributed by atoms with Crippen molar-refractivity contribution in [3.05, 3.63) is 0 Å². The zero-order chi connectivity index (χ0) is 22.6. The largest absolute Gasteiger partial charge is 0.400 e. The molecule has 0 aliphatic carbocycles. The molecular weight excluding hydrogens is 487 g/mol. The van der Waals surface area contributed by atoms with Crippen LogP contribution in [-0.4, -0.2) is 72.0 Å². The fourth-order valence-electron chi connectivity index (χ4n) is 1.78. The number of carbonyl (C=O) groups excluding carboxylic acids is 1. The molecule has 2 atom stereocenters. The van der Waals surface area contributed by atoms with E-state index in [1.54, 1.807) is 10.6 Å². The van der Waals surface area contributed by atoms with Gasteiger partial charge in [0.1, 0.15) is 0 Å². The highest BCUT2D eigenvalue weighted by Crippen LogP contribution is 2.30. The van der Waals surface area contributed by atoms with E-state index in [-0.39, 0.29) is 0 Å². The molecule has 0 spiro atoms. The highest BCUT2D eigenvalue weighted by Gasteiger charge is 2.35. The Labute approximate surface area is 191 Å². The van der Waals surface area contributed by atoms with Crippen molar-refractivity contribution >= 4 is 75.6 Å². The first-order valence-corrected chi connectivity index (χ1v) is 10.1. The Hall–Kier alpha value is 0.850. The Morgan fingerprint density at radius 1 is 0.852 bits per heavy atom. The van der Waals surface area contributed by atoms with Crippen molar-refractivity contribution in [3.63, 3.8) is 0 Å². The third-order valence-corrected chi connectivity index (χ3v) is 4.09. The zero-order valence-corrected chi connectivity index (χ0v) is 20.5. The summed E-state index contributed by atoms with van der Waals surface area (Å²) in [7, 11) is 1.00. The lowest BCUT2D eigenvalue weighted by Gasteiger charge is -2.28. The van der Waals surface area contributed by atoms with Crippen LogP contribution in [-0.2, 0) is 0 Å². The number of urea groups is 1. The number of hydrogen-bond donors (Lipinski definition) is 5. The molecule has 2 amide bonds. The first kappa shape index (κ1) is 32.5. The molecule has 0 aromatic rings. The molecule has 0 aromatic heterocycles. The maximum Gasteiger partial charge on any atom is 0.319 e. The molecule has 0 radical (unpaired) electrons. The molecule has 0 aromatic carbocycles. The van der Waals surface area contributed by atoms with Crippen LogP contribution in [0.1, 0.15) is 34.6 Å². The molecule has 0 rings (SSSR count). The van der Waals surface area contributed by atoms with Crippen LogP contribution >= 0.6 is 69.6 Å². The third-order valence-electron chi connectivity index (χ3n) is 2.85. The summed E-state index contributed by atoms with van der Waals surface area (Å²) in [6.45, 7) is 12.3. The molecule has 0 saturated carbocycles. The van der Waals surface area contributed by atoms with Crippen molar-refractivity contribution in [3.8, 4) is 0 Å². The first-order valence-electron chi connectivity index (χ1n) is 7.81. The van der Waals surface area contributed by atoms with E-state index < -0.39 is 26.1 Å². The monoisotopic (exact) mass is 513 g/mol. The summed E-state index contributed by atoms with van der Waals surface area (Å²) in [5, 5.41) is 28.8. The smallest absolute Gasteiger partial charge is 0.319 e. The van der Waals surface area contributed by atoms with Gasteiger partial charge in [-0.1, -0.05) is 76.5 Å². The lowest BCUT2D eigenvalue weighted by Crippen LogP contribution is -2.53. The van der Waals surface area contributed by atoms with Crippen molar-refractivity contribution in [2.45, 2.75) is 66.7 Å². The Balaban J connectivity index is -0.000000444. The van der Waals surface area contributed by atoms with Crippen LogP contribution in [0.25, 0.3) is 0 Å². The van der Waals surface area contributed by atoms with E-state index in [1.165, 1.54) is 0 Å². The van der Waals surface area contributed by atoms with Gasteiger partial charge in [-0.05, 0) is 34.2 Å². The normalized spacial score (nSPS) is 14.0. The molecule has 0 bridgehead atoms. The molecule has 27 heavy (non-hydrogen) atoms. The van der Waals surface area contributed by atoms with Gasteiger partial charge in [0.2, 0.25) is 7.59 Å². The van der Waals surface area contributed by atoms with Crippen LogP contribution in [0.4, 0.5) is 4.79 Å². The van der Waals surface area contributed by atoms with Crippen LogP contribution in [0.3, 0.4) is 0 Å². The van der Waals surface area contributed by atoms with E-state index in [0.29, 0.717) is 12.1 Å². The summed E-state index contributed by atoms with van der Waals surface area (Å²) in [6, 6.07) is 0.294. The van der Waals surface area contributed by atoms with Gasteiger partial charge in [0.25, 0.3) is 0 Å². The number of aliphatic hydroxyl groups is 3. The van der Waals surface area contributed by atoms with Crippen LogP contribution in [0.5, 0.6) is 0 Å². The van der Waals surface area contributed by atoms with Crippen LogP contribution in [0.15, 0.2) is 0 Å². The Bertz CT molecular complexity index is 360. The van der Waals surface area contributed by atoms with Gasteiger partial charge in [0, 0.05) is 19.2 Å². The molecule has 0 heterocycles. The highest BCUT2D eigenvalue weighted by atomic mass is 35.6. The summed E-state index contributed by atoms with van der Waals surface area (Å²) < 4.78 is -4.25. The number of nitrogens with zero attached hydrogens (tertiary/aromatic N) is 1. The Kier molecular flexibility index (Phi) is 18.9. The quantitative estimate of drug-likeness (QED) is 0.285. The van der Waals surface area contributed by atoms with Gasteiger partial charge in [-0.3, -0.25) is 4.90 Å². The average Bonchev–Trinajstić information content (AvgIpc) is 2.47. The molecule has 2 unspecified atom stereocenters. The maximum absolute atomic E-state index is 11.1. The maximum atomic E-state index is 11.1. The number of halogens is 6. The number of alkyl halides is 6. The standard InChI is InChI=1S/C8H19N.C5H6Cl6N2O3.CH4O/c1-6-9(7(2)3)8(4)5;6-4(7,8)1(14)12-3(16)13-2(15)5(9,10)11;1-2/h7-8H,6H2,1-5H3;1-2,14-15H,(H2,12,13,16);2H,1H3. The number of hydrogen-bond acceptors (Lipinski definition) is 5. The molecule has 0 aliphatic heterocycles. The second kappa shape index (κ2) is 15.7. The van der Waals surface area contributed by atoms with Crippen molar-refractivity contribution < 1.29 is 20.1 Å². The van der Waals surface area contributed by atoms with E-state index in [9.17, 15) is 4.79 Å². The number of amides is 2. The van der Waals surface area contributed by atoms with Gasteiger partial charge in [0.05, 0.1) is 0 Å². The molecule has 5 N–H and O–H groups in total. The third kappa shape index (κ3) is 17.4.